The van der Waals surface area contributed by atoms with Crippen molar-refractivity contribution in [2.24, 2.45) is 0 Å². The molecule has 1 aromatic carbocycles. The molecule has 19 heavy (non-hydrogen) atoms. The van der Waals surface area contributed by atoms with Crippen molar-refractivity contribution in [2.45, 2.75) is 11.4 Å². The summed E-state index contributed by atoms with van der Waals surface area (Å²) in [7, 11) is 0. The monoisotopic (exact) mass is 283 g/mol. The summed E-state index contributed by atoms with van der Waals surface area (Å²) in [6, 6.07) is 5.02. The summed E-state index contributed by atoms with van der Waals surface area (Å²) in [5, 5.41) is 9.11. The molecule has 2 rings (SSSR count). The van der Waals surface area contributed by atoms with Gasteiger partial charge in [0.25, 0.3) is 0 Å². The first-order chi connectivity index (χ1) is 9.15. The molecule has 1 heterocycles. The summed E-state index contributed by atoms with van der Waals surface area (Å²) in [5.74, 6) is -1.46. The van der Waals surface area contributed by atoms with Crippen molar-refractivity contribution < 1.29 is 13.6 Å². The Labute approximate surface area is 112 Å². The second-order valence-electron chi connectivity index (χ2n) is 3.72. The van der Waals surface area contributed by atoms with E-state index in [0.717, 1.165) is 29.6 Å². The highest BCUT2D eigenvalue weighted by atomic mass is 32.2. The van der Waals surface area contributed by atoms with E-state index in [1.165, 1.54) is 6.07 Å². The van der Waals surface area contributed by atoms with Crippen LogP contribution in [0.5, 0.6) is 0 Å². The third-order valence-electron chi connectivity index (χ3n) is 2.29. The molecular formula is C12H11F2N3OS. The fourth-order valence-electron chi connectivity index (χ4n) is 1.36. The number of aromatic amines is 1. The van der Waals surface area contributed by atoms with Gasteiger partial charge in [-0.05, 0) is 18.2 Å². The lowest BCUT2D eigenvalue weighted by Gasteiger charge is -2.04. The van der Waals surface area contributed by atoms with Crippen LogP contribution in [0.15, 0.2) is 35.4 Å². The zero-order valence-electron chi connectivity index (χ0n) is 9.82. The molecular weight excluding hydrogens is 272 g/mol. The SMILES string of the molecule is O=C(CSc1ccc(F)cc1F)NCc1ccn[nH]1. The second-order valence-corrected chi connectivity index (χ2v) is 4.74. The number of aromatic nitrogens is 2. The number of carbonyl (C=O) groups excluding carboxylic acids is 1. The molecule has 1 amide bonds. The first-order valence-electron chi connectivity index (χ1n) is 5.48. The molecule has 0 bridgehead atoms. The van der Waals surface area contributed by atoms with E-state index in [0.29, 0.717) is 6.54 Å². The number of halogens is 2. The first kappa shape index (κ1) is 13.5. The summed E-state index contributed by atoms with van der Waals surface area (Å²) in [4.78, 5) is 11.8. The molecule has 0 fully saturated rings. The van der Waals surface area contributed by atoms with Gasteiger partial charge in [0.2, 0.25) is 5.91 Å². The van der Waals surface area contributed by atoms with E-state index < -0.39 is 11.6 Å². The van der Waals surface area contributed by atoms with Crippen LogP contribution in [0.2, 0.25) is 0 Å². The van der Waals surface area contributed by atoms with E-state index in [1.807, 2.05) is 0 Å². The van der Waals surface area contributed by atoms with Gasteiger partial charge in [-0.2, -0.15) is 5.10 Å². The zero-order chi connectivity index (χ0) is 13.7. The Hall–Kier alpha value is -1.89. The molecule has 2 N–H and O–H groups in total. The number of amides is 1. The molecule has 7 heteroatoms. The molecule has 0 saturated carbocycles. The van der Waals surface area contributed by atoms with Gasteiger partial charge < -0.3 is 5.32 Å². The lowest BCUT2D eigenvalue weighted by atomic mass is 10.3. The molecule has 0 unspecified atom stereocenters. The summed E-state index contributed by atoms with van der Waals surface area (Å²) in [6.07, 6.45) is 1.59. The van der Waals surface area contributed by atoms with Crippen LogP contribution in [0.1, 0.15) is 5.69 Å². The van der Waals surface area contributed by atoms with Crippen LogP contribution in [-0.4, -0.2) is 21.9 Å². The normalized spacial score (nSPS) is 10.4. The van der Waals surface area contributed by atoms with E-state index >= 15 is 0 Å². The van der Waals surface area contributed by atoms with Gasteiger partial charge in [-0.25, -0.2) is 8.78 Å². The summed E-state index contributed by atoms with van der Waals surface area (Å²) < 4.78 is 26.0. The lowest BCUT2D eigenvalue weighted by Crippen LogP contribution is -2.24. The molecule has 2 aromatic rings. The van der Waals surface area contributed by atoms with Crippen LogP contribution < -0.4 is 5.32 Å². The van der Waals surface area contributed by atoms with E-state index in [2.05, 4.69) is 15.5 Å². The Balaban J connectivity index is 1.80. The Morgan fingerprint density at radius 2 is 2.21 bits per heavy atom. The number of thioether (sulfide) groups is 1. The number of carbonyl (C=O) groups is 1. The third kappa shape index (κ3) is 4.06. The second kappa shape index (κ2) is 6.33. The first-order valence-corrected chi connectivity index (χ1v) is 6.46. The molecule has 0 aliphatic carbocycles. The Morgan fingerprint density at radius 1 is 1.37 bits per heavy atom. The molecule has 0 saturated heterocycles. The smallest absolute Gasteiger partial charge is 0.230 e. The zero-order valence-corrected chi connectivity index (χ0v) is 10.6. The van der Waals surface area contributed by atoms with Crippen molar-refractivity contribution in [3.8, 4) is 0 Å². The fraction of sp³-hybridized carbons (Fsp3) is 0.167. The number of rotatable bonds is 5. The van der Waals surface area contributed by atoms with Gasteiger partial charge in [0.15, 0.2) is 0 Å². The minimum absolute atomic E-state index is 0.0662. The van der Waals surface area contributed by atoms with Crippen molar-refractivity contribution in [2.75, 3.05) is 5.75 Å². The van der Waals surface area contributed by atoms with Gasteiger partial charge in [-0.15, -0.1) is 11.8 Å². The predicted octanol–water partition coefficient (Wildman–Crippen LogP) is 2.10. The van der Waals surface area contributed by atoms with Crippen LogP contribution in [0, 0.1) is 11.6 Å². The van der Waals surface area contributed by atoms with Gasteiger partial charge >= 0.3 is 0 Å². The highest BCUT2D eigenvalue weighted by molar-refractivity contribution is 8.00. The fourth-order valence-corrected chi connectivity index (χ4v) is 2.11. The van der Waals surface area contributed by atoms with Gasteiger partial charge in [0, 0.05) is 17.2 Å². The van der Waals surface area contributed by atoms with Crippen LogP contribution >= 0.6 is 11.8 Å². The standard InChI is InChI=1S/C12H11F2N3OS/c13-8-1-2-11(10(14)5-8)19-7-12(18)15-6-9-3-4-16-17-9/h1-5H,6-7H2,(H,15,18)(H,16,17). The van der Waals surface area contributed by atoms with Crippen molar-refractivity contribution in [1.29, 1.82) is 0 Å². The third-order valence-corrected chi connectivity index (χ3v) is 3.34. The number of nitrogens with zero attached hydrogens (tertiary/aromatic N) is 1. The summed E-state index contributed by atoms with van der Waals surface area (Å²) in [6.45, 7) is 0.339. The maximum Gasteiger partial charge on any atom is 0.230 e. The minimum atomic E-state index is -0.661. The van der Waals surface area contributed by atoms with Crippen LogP contribution in [-0.2, 0) is 11.3 Å². The Kier molecular flexibility index (Phi) is 4.51. The highest BCUT2D eigenvalue weighted by Gasteiger charge is 2.08. The van der Waals surface area contributed by atoms with E-state index in [9.17, 15) is 13.6 Å². The van der Waals surface area contributed by atoms with Crippen LogP contribution in [0.3, 0.4) is 0 Å². The Morgan fingerprint density at radius 3 is 2.89 bits per heavy atom. The molecule has 0 aliphatic heterocycles. The van der Waals surface area contributed by atoms with E-state index in [-0.39, 0.29) is 16.6 Å². The average Bonchev–Trinajstić information content (AvgIpc) is 2.88. The van der Waals surface area contributed by atoms with Gasteiger partial charge in [-0.1, -0.05) is 0 Å². The predicted molar refractivity (Wildman–Crippen MR) is 67.5 cm³/mol. The van der Waals surface area contributed by atoms with Crippen molar-refractivity contribution in [3.05, 3.63) is 47.8 Å². The number of hydrogen-bond acceptors (Lipinski definition) is 3. The largest absolute Gasteiger partial charge is 0.350 e. The molecule has 1 aromatic heterocycles. The number of nitrogens with one attached hydrogen (secondary N) is 2. The maximum absolute atomic E-state index is 13.3. The molecule has 4 nitrogen and oxygen atoms in total. The van der Waals surface area contributed by atoms with Gasteiger partial charge in [0.1, 0.15) is 11.6 Å². The van der Waals surface area contributed by atoms with Crippen molar-refractivity contribution in [3.63, 3.8) is 0 Å². The van der Waals surface area contributed by atoms with Gasteiger partial charge in [-0.3, -0.25) is 9.89 Å². The quantitative estimate of drug-likeness (QED) is 0.826. The average molecular weight is 283 g/mol. The maximum atomic E-state index is 13.3. The highest BCUT2D eigenvalue weighted by Crippen LogP contribution is 2.21. The number of H-pyrrole nitrogens is 1. The summed E-state index contributed by atoms with van der Waals surface area (Å²) >= 11 is 1.02. The Bertz CT molecular complexity index is 560. The van der Waals surface area contributed by atoms with Crippen molar-refractivity contribution >= 4 is 17.7 Å². The number of hydrogen-bond donors (Lipinski definition) is 2. The molecule has 0 spiro atoms. The van der Waals surface area contributed by atoms with Gasteiger partial charge in [0.05, 0.1) is 18.0 Å². The molecule has 0 radical (unpaired) electrons. The molecule has 100 valence electrons. The van der Waals surface area contributed by atoms with E-state index in [4.69, 9.17) is 0 Å². The topological polar surface area (TPSA) is 57.8 Å². The van der Waals surface area contributed by atoms with Crippen molar-refractivity contribution in [1.82, 2.24) is 15.5 Å². The summed E-state index contributed by atoms with van der Waals surface area (Å²) in [5.41, 5.74) is 0.784. The number of benzene rings is 1. The minimum Gasteiger partial charge on any atom is -0.350 e. The van der Waals surface area contributed by atoms with Crippen LogP contribution in [0.4, 0.5) is 8.78 Å². The molecule has 0 aliphatic rings. The van der Waals surface area contributed by atoms with Crippen LogP contribution in [0.25, 0.3) is 0 Å². The van der Waals surface area contributed by atoms with E-state index in [1.54, 1.807) is 12.3 Å². The lowest BCUT2D eigenvalue weighted by molar-refractivity contribution is -0.118. The molecule has 0 atom stereocenters.